The van der Waals surface area contributed by atoms with E-state index in [0.717, 1.165) is 10.6 Å². The van der Waals surface area contributed by atoms with Gasteiger partial charge in [-0.1, -0.05) is 41.9 Å². The van der Waals surface area contributed by atoms with Gasteiger partial charge < -0.3 is 5.32 Å². The van der Waals surface area contributed by atoms with Crippen molar-refractivity contribution in [3.8, 4) is 11.1 Å². The van der Waals surface area contributed by atoms with Crippen molar-refractivity contribution in [2.45, 2.75) is 0 Å². The van der Waals surface area contributed by atoms with Crippen LogP contribution in [-0.2, 0) is 10.0 Å². The summed E-state index contributed by atoms with van der Waals surface area (Å²) in [6.45, 7) is 0. The molecule has 8 heteroatoms. The van der Waals surface area contributed by atoms with Crippen LogP contribution >= 0.6 is 11.6 Å². The number of anilines is 2. The Kier molecular flexibility index (Phi) is 5.91. The van der Waals surface area contributed by atoms with E-state index in [1.807, 2.05) is 0 Å². The fourth-order valence-corrected chi connectivity index (χ4v) is 3.48. The number of nitrogens with one attached hydrogen (secondary N) is 1. The second-order valence-corrected chi connectivity index (χ2v) is 8.86. The lowest BCUT2D eigenvalue weighted by Gasteiger charge is -2.21. The zero-order valence-electron chi connectivity index (χ0n) is 15.7. The van der Waals surface area contributed by atoms with Gasteiger partial charge in [-0.3, -0.25) is 9.10 Å². The maximum absolute atomic E-state index is 14.2. The summed E-state index contributed by atoms with van der Waals surface area (Å²) < 4.78 is 39.3. The Labute approximate surface area is 173 Å². The molecule has 0 unspecified atom stereocenters. The van der Waals surface area contributed by atoms with Gasteiger partial charge in [-0.05, 0) is 42.0 Å². The molecule has 3 aromatic rings. The third kappa shape index (κ3) is 4.75. The van der Waals surface area contributed by atoms with Crippen molar-refractivity contribution >= 4 is 38.9 Å². The Hall–Kier alpha value is -2.90. The molecule has 0 heterocycles. The molecule has 0 aromatic heterocycles. The monoisotopic (exact) mass is 432 g/mol. The van der Waals surface area contributed by atoms with Crippen LogP contribution in [0, 0.1) is 5.82 Å². The van der Waals surface area contributed by atoms with E-state index in [4.69, 9.17) is 11.6 Å². The van der Waals surface area contributed by atoms with Gasteiger partial charge in [0.25, 0.3) is 5.91 Å². The summed E-state index contributed by atoms with van der Waals surface area (Å²) in [6.07, 6.45) is 1.06. The summed E-state index contributed by atoms with van der Waals surface area (Å²) in [5.74, 6) is -0.898. The van der Waals surface area contributed by atoms with Gasteiger partial charge >= 0.3 is 0 Å². The minimum atomic E-state index is -3.58. The van der Waals surface area contributed by atoms with Crippen LogP contribution in [0.3, 0.4) is 0 Å². The summed E-state index contributed by atoms with van der Waals surface area (Å²) in [5.41, 5.74) is 1.61. The fourth-order valence-electron chi connectivity index (χ4n) is 2.78. The van der Waals surface area contributed by atoms with E-state index < -0.39 is 21.7 Å². The maximum Gasteiger partial charge on any atom is 0.255 e. The topological polar surface area (TPSA) is 66.5 Å². The smallest absolute Gasteiger partial charge is 0.255 e. The first-order valence-corrected chi connectivity index (χ1v) is 10.8. The summed E-state index contributed by atoms with van der Waals surface area (Å²) in [6, 6.07) is 17.2. The van der Waals surface area contributed by atoms with Crippen LogP contribution in [0.15, 0.2) is 66.7 Å². The van der Waals surface area contributed by atoms with Crippen LogP contribution in [-0.4, -0.2) is 27.6 Å². The van der Waals surface area contributed by atoms with E-state index in [1.54, 1.807) is 42.5 Å². The Bertz CT molecular complexity index is 1180. The van der Waals surface area contributed by atoms with E-state index >= 15 is 0 Å². The largest absolute Gasteiger partial charge is 0.320 e. The molecule has 0 bridgehead atoms. The predicted octanol–water partition coefficient (Wildman–Crippen LogP) is 4.79. The highest BCUT2D eigenvalue weighted by molar-refractivity contribution is 7.92. The van der Waals surface area contributed by atoms with E-state index in [9.17, 15) is 17.6 Å². The molecule has 0 saturated carbocycles. The van der Waals surface area contributed by atoms with Gasteiger partial charge in [-0.2, -0.15) is 0 Å². The van der Waals surface area contributed by atoms with Crippen molar-refractivity contribution < 1.29 is 17.6 Å². The predicted molar refractivity (Wildman–Crippen MR) is 114 cm³/mol. The molecule has 0 aliphatic rings. The maximum atomic E-state index is 14.2. The van der Waals surface area contributed by atoms with Gasteiger partial charge in [0, 0.05) is 23.2 Å². The van der Waals surface area contributed by atoms with Gasteiger partial charge in [-0.25, -0.2) is 12.8 Å². The molecule has 3 aromatic carbocycles. The molecule has 3 rings (SSSR count). The van der Waals surface area contributed by atoms with Crippen molar-refractivity contribution in [1.82, 2.24) is 0 Å². The summed E-state index contributed by atoms with van der Waals surface area (Å²) in [5, 5.41) is 3.11. The third-order valence-electron chi connectivity index (χ3n) is 4.35. The molecule has 0 saturated heterocycles. The van der Waals surface area contributed by atoms with Gasteiger partial charge in [0.2, 0.25) is 10.0 Å². The van der Waals surface area contributed by atoms with Gasteiger partial charge in [0.1, 0.15) is 5.82 Å². The Morgan fingerprint density at radius 3 is 2.41 bits per heavy atom. The van der Waals surface area contributed by atoms with Crippen LogP contribution in [0.2, 0.25) is 5.02 Å². The molecule has 0 radical (unpaired) electrons. The number of sulfonamides is 1. The lowest BCUT2D eigenvalue weighted by Crippen LogP contribution is -2.26. The Balaban J connectivity index is 2.09. The zero-order valence-corrected chi connectivity index (χ0v) is 17.3. The molecular weight excluding hydrogens is 415 g/mol. The molecule has 1 N–H and O–H groups in total. The van der Waals surface area contributed by atoms with Crippen molar-refractivity contribution in [2.24, 2.45) is 0 Å². The molecule has 0 fully saturated rings. The van der Waals surface area contributed by atoms with Gasteiger partial charge in [0.15, 0.2) is 0 Å². The number of halogens is 2. The number of hydrogen-bond donors (Lipinski definition) is 1. The minimum absolute atomic E-state index is 0.226. The van der Waals surface area contributed by atoms with Crippen molar-refractivity contribution in [3.63, 3.8) is 0 Å². The molecule has 0 aliphatic heterocycles. The fraction of sp³-hybridized carbons (Fsp3) is 0.0952. The molecule has 5 nitrogen and oxygen atoms in total. The quantitative estimate of drug-likeness (QED) is 0.630. The lowest BCUT2D eigenvalue weighted by molar-refractivity contribution is 0.102. The number of carbonyl (C=O) groups excluding carboxylic acids is 1. The summed E-state index contributed by atoms with van der Waals surface area (Å²) in [4.78, 5) is 12.7. The minimum Gasteiger partial charge on any atom is -0.320 e. The molecule has 29 heavy (non-hydrogen) atoms. The van der Waals surface area contributed by atoms with E-state index in [0.29, 0.717) is 21.7 Å². The van der Waals surface area contributed by atoms with Crippen molar-refractivity contribution in [2.75, 3.05) is 22.9 Å². The lowest BCUT2D eigenvalue weighted by atomic mass is 10.0. The van der Waals surface area contributed by atoms with Gasteiger partial charge in [-0.15, -0.1) is 0 Å². The molecule has 1 amide bonds. The SMILES string of the molecule is CN(c1ccc(-c2ccccc2F)cc1NC(=O)c1cccc(Cl)c1)S(C)(=O)=O. The van der Waals surface area contributed by atoms with E-state index in [1.165, 1.54) is 31.3 Å². The van der Waals surface area contributed by atoms with Crippen LogP contribution in [0.4, 0.5) is 15.8 Å². The molecular formula is C21H18ClFN2O3S. The number of benzene rings is 3. The highest BCUT2D eigenvalue weighted by Crippen LogP contribution is 2.33. The van der Waals surface area contributed by atoms with Crippen molar-refractivity contribution in [3.05, 3.63) is 83.1 Å². The van der Waals surface area contributed by atoms with Crippen LogP contribution in [0.5, 0.6) is 0 Å². The first-order valence-electron chi connectivity index (χ1n) is 8.56. The average Bonchev–Trinajstić information content (AvgIpc) is 2.67. The molecule has 150 valence electrons. The number of rotatable bonds is 5. The number of amides is 1. The van der Waals surface area contributed by atoms with Crippen LogP contribution < -0.4 is 9.62 Å². The first-order chi connectivity index (χ1) is 13.7. The first kappa shape index (κ1) is 20.8. The Morgan fingerprint density at radius 1 is 1.03 bits per heavy atom. The number of nitrogens with zero attached hydrogens (tertiary/aromatic N) is 1. The number of hydrogen-bond acceptors (Lipinski definition) is 3. The average molecular weight is 433 g/mol. The van der Waals surface area contributed by atoms with E-state index in [-0.39, 0.29) is 11.4 Å². The molecule has 0 aliphatic carbocycles. The van der Waals surface area contributed by atoms with Crippen LogP contribution in [0.25, 0.3) is 11.1 Å². The van der Waals surface area contributed by atoms with Gasteiger partial charge in [0.05, 0.1) is 17.6 Å². The second kappa shape index (κ2) is 8.23. The highest BCUT2D eigenvalue weighted by Gasteiger charge is 2.19. The van der Waals surface area contributed by atoms with E-state index in [2.05, 4.69) is 5.32 Å². The zero-order chi connectivity index (χ0) is 21.2. The second-order valence-electron chi connectivity index (χ2n) is 6.41. The third-order valence-corrected chi connectivity index (χ3v) is 5.78. The highest BCUT2D eigenvalue weighted by atomic mass is 35.5. The molecule has 0 atom stereocenters. The van der Waals surface area contributed by atoms with Crippen molar-refractivity contribution in [1.29, 1.82) is 0 Å². The molecule has 0 spiro atoms. The number of carbonyl (C=O) groups is 1. The Morgan fingerprint density at radius 2 is 1.76 bits per heavy atom. The standard InChI is InChI=1S/C21H18ClFN2O3S/c1-25(29(2,27)28)20-11-10-14(17-8-3-4-9-18(17)23)13-19(20)24-21(26)15-6-5-7-16(22)12-15/h3-13H,1-2H3,(H,24,26). The summed E-state index contributed by atoms with van der Waals surface area (Å²) >= 11 is 5.95. The normalized spacial score (nSPS) is 11.2. The van der Waals surface area contributed by atoms with Crippen LogP contribution in [0.1, 0.15) is 10.4 Å². The summed E-state index contributed by atoms with van der Waals surface area (Å²) in [7, 11) is -2.21.